The molecule has 6 nitrogen and oxygen atoms in total. The largest absolute Gasteiger partial charge is 0.545 e. The number of carbonyl (C=O) groups excluding carboxylic acids is 1. The van der Waals surface area contributed by atoms with Gasteiger partial charge in [0.05, 0.1) is 26.3 Å². The van der Waals surface area contributed by atoms with E-state index in [2.05, 4.69) is 5.32 Å². The second kappa shape index (κ2) is 8.29. The maximum atomic E-state index is 11.6. The number of rotatable bonds is 6. The van der Waals surface area contributed by atoms with Crippen LogP contribution in [-0.2, 0) is 11.3 Å². The van der Waals surface area contributed by atoms with Gasteiger partial charge in [0.2, 0.25) is 0 Å². The summed E-state index contributed by atoms with van der Waals surface area (Å²) in [6.45, 7) is 2.94. The summed E-state index contributed by atoms with van der Waals surface area (Å²) in [5.41, 5.74) is 2.38. The predicted octanol–water partition coefficient (Wildman–Crippen LogP) is 2.16. The summed E-state index contributed by atoms with van der Waals surface area (Å²) in [5.74, 6) is -0.484. The van der Waals surface area contributed by atoms with E-state index in [1.165, 1.54) is 0 Å². The highest BCUT2D eigenvalue weighted by Gasteiger charge is 2.16. The summed E-state index contributed by atoms with van der Waals surface area (Å²) >= 11 is 6.04. The number of halogens is 1. The number of morpholine rings is 1. The van der Waals surface area contributed by atoms with Gasteiger partial charge in [-0.1, -0.05) is 11.6 Å². The van der Waals surface area contributed by atoms with Gasteiger partial charge in [0, 0.05) is 47.2 Å². The molecular formula is C19H20ClN2O4-. The van der Waals surface area contributed by atoms with Crippen molar-refractivity contribution < 1.29 is 19.4 Å². The molecule has 138 valence electrons. The Balaban J connectivity index is 1.79. The monoisotopic (exact) mass is 375 g/mol. The van der Waals surface area contributed by atoms with Crippen LogP contribution >= 0.6 is 11.6 Å². The van der Waals surface area contributed by atoms with E-state index in [1.54, 1.807) is 31.4 Å². The Kier molecular flexibility index (Phi) is 5.85. The number of methoxy groups -OCH3 is 1. The Morgan fingerprint density at radius 2 is 2.04 bits per heavy atom. The smallest absolute Gasteiger partial charge is 0.123 e. The second-order valence-corrected chi connectivity index (χ2v) is 6.36. The molecule has 0 saturated carbocycles. The Morgan fingerprint density at radius 1 is 1.27 bits per heavy atom. The molecule has 1 fully saturated rings. The lowest BCUT2D eigenvalue weighted by atomic mass is 10.1. The van der Waals surface area contributed by atoms with Crippen molar-refractivity contribution in [2.24, 2.45) is 0 Å². The standard InChI is InChI=1S/C19H21ClN2O4/c1-25-18-5-2-14(20)10-13(18)12-21-15-3-4-17(16(11-15)19(23)24)22-6-8-26-9-7-22/h2-5,10-11,21H,6-9,12H2,1H3,(H,23,24)/p-1. The van der Waals surface area contributed by atoms with Gasteiger partial charge in [-0.3, -0.25) is 0 Å². The van der Waals surface area contributed by atoms with Crippen molar-refractivity contribution in [2.45, 2.75) is 6.54 Å². The van der Waals surface area contributed by atoms with Crippen LogP contribution in [0.4, 0.5) is 11.4 Å². The Labute approximate surface area is 157 Å². The van der Waals surface area contributed by atoms with Crippen molar-refractivity contribution in [2.75, 3.05) is 43.6 Å². The highest BCUT2D eigenvalue weighted by molar-refractivity contribution is 6.30. The van der Waals surface area contributed by atoms with Gasteiger partial charge in [-0.25, -0.2) is 0 Å². The number of hydrogen-bond acceptors (Lipinski definition) is 6. The van der Waals surface area contributed by atoms with Crippen LogP contribution in [0.25, 0.3) is 0 Å². The van der Waals surface area contributed by atoms with Gasteiger partial charge in [0.15, 0.2) is 0 Å². The molecule has 0 radical (unpaired) electrons. The molecule has 0 amide bonds. The number of carboxylic acid groups (broad SMARTS) is 1. The normalized spacial score (nSPS) is 14.2. The molecule has 0 aliphatic carbocycles. The van der Waals surface area contributed by atoms with E-state index in [1.807, 2.05) is 17.0 Å². The third-order valence-corrected chi connectivity index (χ3v) is 4.53. The van der Waals surface area contributed by atoms with Crippen LogP contribution in [0.5, 0.6) is 5.75 Å². The minimum Gasteiger partial charge on any atom is -0.545 e. The first-order valence-corrected chi connectivity index (χ1v) is 8.70. The quantitative estimate of drug-likeness (QED) is 0.834. The fourth-order valence-corrected chi connectivity index (χ4v) is 3.17. The summed E-state index contributed by atoms with van der Waals surface area (Å²) in [6.07, 6.45) is 0. The van der Waals surface area contributed by atoms with Crippen molar-refractivity contribution in [1.82, 2.24) is 0 Å². The number of hydrogen-bond donors (Lipinski definition) is 1. The molecule has 1 heterocycles. The first-order chi connectivity index (χ1) is 12.6. The lowest BCUT2D eigenvalue weighted by Crippen LogP contribution is -2.38. The number of nitrogens with one attached hydrogen (secondary N) is 1. The zero-order valence-electron chi connectivity index (χ0n) is 14.5. The molecule has 7 heteroatoms. The van der Waals surface area contributed by atoms with E-state index < -0.39 is 5.97 Å². The minimum absolute atomic E-state index is 0.162. The molecule has 0 atom stereocenters. The van der Waals surface area contributed by atoms with Crippen molar-refractivity contribution in [1.29, 1.82) is 0 Å². The van der Waals surface area contributed by atoms with Crippen molar-refractivity contribution in [3.63, 3.8) is 0 Å². The van der Waals surface area contributed by atoms with Gasteiger partial charge in [0.25, 0.3) is 0 Å². The van der Waals surface area contributed by atoms with Crippen LogP contribution in [-0.4, -0.2) is 39.4 Å². The first kappa shape index (κ1) is 18.4. The highest BCUT2D eigenvalue weighted by atomic mass is 35.5. The van der Waals surface area contributed by atoms with Crippen LogP contribution in [0.15, 0.2) is 36.4 Å². The average Bonchev–Trinajstić information content (AvgIpc) is 2.67. The van der Waals surface area contributed by atoms with Crippen LogP contribution in [0, 0.1) is 0 Å². The van der Waals surface area contributed by atoms with E-state index in [0.717, 1.165) is 5.56 Å². The van der Waals surface area contributed by atoms with E-state index in [9.17, 15) is 9.90 Å². The van der Waals surface area contributed by atoms with Gasteiger partial charge in [-0.05, 0) is 36.4 Å². The third-order valence-electron chi connectivity index (χ3n) is 4.29. The van der Waals surface area contributed by atoms with Gasteiger partial charge < -0.3 is 29.6 Å². The molecule has 0 aromatic heterocycles. The molecule has 1 aliphatic heterocycles. The average molecular weight is 376 g/mol. The number of ether oxygens (including phenoxy) is 2. The molecule has 0 bridgehead atoms. The number of carboxylic acids is 1. The molecule has 3 rings (SSSR count). The van der Waals surface area contributed by atoms with Crippen LogP contribution in [0.3, 0.4) is 0 Å². The minimum atomic E-state index is -1.20. The lowest BCUT2D eigenvalue weighted by molar-refractivity contribution is -0.254. The number of carbonyl (C=O) groups is 1. The molecule has 1 saturated heterocycles. The second-order valence-electron chi connectivity index (χ2n) is 5.93. The molecule has 2 aromatic carbocycles. The van der Waals surface area contributed by atoms with Crippen molar-refractivity contribution >= 4 is 28.9 Å². The number of benzene rings is 2. The van der Waals surface area contributed by atoms with Crippen LogP contribution < -0.4 is 20.1 Å². The molecule has 0 spiro atoms. The first-order valence-electron chi connectivity index (χ1n) is 8.33. The lowest BCUT2D eigenvalue weighted by Gasteiger charge is -2.31. The number of anilines is 2. The Hall–Kier alpha value is -2.44. The highest BCUT2D eigenvalue weighted by Crippen LogP contribution is 2.27. The maximum absolute atomic E-state index is 11.6. The molecule has 2 aromatic rings. The van der Waals surface area contributed by atoms with E-state index >= 15 is 0 Å². The van der Waals surface area contributed by atoms with Crippen molar-refractivity contribution in [3.05, 3.63) is 52.5 Å². The molecule has 26 heavy (non-hydrogen) atoms. The van der Waals surface area contributed by atoms with Gasteiger partial charge in [-0.2, -0.15) is 0 Å². The Morgan fingerprint density at radius 3 is 2.73 bits per heavy atom. The fraction of sp³-hybridized carbons (Fsp3) is 0.316. The van der Waals surface area contributed by atoms with Gasteiger partial charge >= 0.3 is 0 Å². The van der Waals surface area contributed by atoms with E-state index in [0.29, 0.717) is 55.0 Å². The fourth-order valence-electron chi connectivity index (χ4n) is 2.97. The summed E-state index contributed by atoms with van der Waals surface area (Å²) in [4.78, 5) is 13.6. The van der Waals surface area contributed by atoms with E-state index in [-0.39, 0.29) is 5.56 Å². The summed E-state index contributed by atoms with van der Waals surface area (Å²) in [6, 6.07) is 10.6. The number of aromatic carboxylic acids is 1. The summed E-state index contributed by atoms with van der Waals surface area (Å²) in [7, 11) is 1.60. The molecule has 1 N–H and O–H groups in total. The van der Waals surface area contributed by atoms with Crippen molar-refractivity contribution in [3.8, 4) is 5.75 Å². The number of nitrogens with zero attached hydrogens (tertiary/aromatic N) is 1. The van der Waals surface area contributed by atoms with Gasteiger partial charge in [0.1, 0.15) is 5.75 Å². The summed E-state index contributed by atoms with van der Waals surface area (Å²) in [5, 5.41) is 15.4. The zero-order chi connectivity index (χ0) is 18.5. The molecular weight excluding hydrogens is 356 g/mol. The van der Waals surface area contributed by atoms with Crippen LogP contribution in [0.1, 0.15) is 15.9 Å². The third kappa shape index (κ3) is 4.20. The zero-order valence-corrected chi connectivity index (χ0v) is 15.2. The molecule has 0 unspecified atom stereocenters. The topological polar surface area (TPSA) is 73.9 Å². The van der Waals surface area contributed by atoms with Gasteiger partial charge in [-0.15, -0.1) is 0 Å². The predicted molar refractivity (Wildman–Crippen MR) is 99.1 cm³/mol. The van der Waals surface area contributed by atoms with Crippen LogP contribution in [0.2, 0.25) is 5.02 Å². The molecule has 1 aliphatic rings. The Bertz CT molecular complexity index is 791. The summed E-state index contributed by atoms with van der Waals surface area (Å²) < 4.78 is 10.7. The SMILES string of the molecule is COc1ccc(Cl)cc1CNc1ccc(N2CCOCC2)c(C(=O)[O-])c1. The maximum Gasteiger partial charge on any atom is 0.123 e. The van der Waals surface area contributed by atoms with E-state index in [4.69, 9.17) is 21.1 Å².